The summed E-state index contributed by atoms with van der Waals surface area (Å²) in [6, 6.07) is 0. The second kappa shape index (κ2) is 3.02. The van der Waals surface area contributed by atoms with E-state index in [-0.39, 0.29) is 6.10 Å². The molecule has 1 rings (SSSR count). The van der Waals surface area contributed by atoms with Gasteiger partial charge in [0.2, 0.25) is 0 Å². The number of aliphatic hydroxyl groups is 1. The number of hydrogen-bond donors (Lipinski definition) is 1. The molecule has 0 aromatic heterocycles. The van der Waals surface area contributed by atoms with Crippen molar-refractivity contribution in [2.45, 2.75) is 32.3 Å². The average molecular weight is 126 g/mol. The molecule has 0 saturated carbocycles. The molecule has 52 valence electrons. The highest BCUT2D eigenvalue weighted by molar-refractivity contribution is 4.91. The summed E-state index contributed by atoms with van der Waals surface area (Å²) in [4.78, 5) is 0. The van der Waals surface area contributed by atoms with Crippen LogP contribution in [0.1, 0.15) is 26.2 Å². The zero-order valence-corrected chi connectivity index (χ0v) is 5.88. The Morgan fingerprint density at radius 3 is 2.67 bits per heavy atom. The minimum Gasteiger partial charge on any atom is -0.393 e. The van der Waals surface area contributed by atoms with Crippen molar-refractivity contribution in [1.29, 1.82) is 0 Å². The molecular formula is C8H14O. The fraction of sp³-hybridized carbons (Fsp3) is 0.750. The highest BCUT2D eigenvalue weighted by atomic mass is 16.3. The van der Waals surface area contributed by atoms with E-state index in [1.54, 1.807) is 0 Å². The van der Waals surface area contributed by atoms with Gasteiger partial charge in [-0.25, -0.2) is 0 Å². The van der Waals surface area contributed by atoms with Crippen molar-refractivity contribution < 1.29 is 5.11 Å². The molecule has 1 unspecified atom stereocenters. The molecule has 2 atom stereocenters. The van der Waals surface area contributed by atoms with Crippen LogP contribution in [0.3, 0.4) is 0 Å². The van der Waals surface area contributed by atoms with Crippen LogP contribution in [0.5, 0.6) is 0 Å². The van der Waals surface area contributed by atoms with Gasteiger partial charge in [0, 0.05) is 0 Å². The zero-order valence-electron chi connectivity index (χ0n) is 5.88. The van der Waals surface area contributed by atoms with E-state index in [0.717, 1.165) is 19.3 Å². The van der Waals surface area contributed by atoms with Crippen LogP contribution in [0.4, 0.5) is 0 Å². The van der Waals surface area contributed by atoms with Gasteiger partial charge in [-0.05, 0) is 32.1 Å². The summed E-state index contributed by atoms with van der Waals surface area (Å²) >= 11 is 0. The summed E-state index contributed by atoms with van der Waals surface area (Å²) in [6.07, 6.45) is 7.62. The van der Waals surface area contributed by atoms with Gasteiger partial charge in [0.15, 0.2) is 0 Å². The van der Waals surface area contributed by atoms with Gasteiger partial charge in [0.25, 0.3) is 0 Å². The first-order valence-corrected chi connectivity index (χ1v) is 3.64. The van der Waals surface area contributed by atoms with Crippen LogP contribution in [-0.2, 0) is 0 Å². The van der Waals surface area contributed by atoms with Gasteiger partial charge in [0.05, 0.1) is 6.10 Å². The van der Waals surface area contributed by atoms with Gasteiger partial charge in [-0.3, -0.25) is 0 Å². The van der Waals surface area contributed by atoms with Gasteiger partial charge in [-0.15, -0.1) is 0 Å². The normalized spacial score (nSPS) is 30.2. The lowest BCUT2D eigenvalue weighted by atomic mass is 9.90. The summed E-state index contributed by atoms with van der Waals surface area (Å²) in [5, 5.41) is 9.14. The van der Waals surface area contributed by atoms with E-state index in [4.69, 9.17) is 5.11 Å². The first-order chi connectivity index (χ1) is 4.30. The molecule has 1 aliphatic rings. The van der Waals surface area contributed by atoms with E-state index < -0.39 is 0 Å². The summed E-state index contributed by atoms with van der Waals surface area (Å²) in [5.41, 5.74) is 0. The van der Waals surface area contributed by atoms with Crippen molar-refractivity contribution in [1.82, 2.24) is 0 Å². The molecule has 0 aromatic rings. The SMILES string of the molecule is C[C@H](O)C1CC=CCC1. The number of hydrogen-bond acceptors (Lipinski definition) is 1. The maximum absolute atomic E-state index is 9.14. The van der Waals surface area contributed by atoms with E-state index >= 15 is 0 Å². The van der Waals surface area contributed by atoms with Crippen LogP contribution < -0.4 is 0 Å². The van der Waals surface area contributed by atoms with Crippen molar-refractivity contribution >= 4 is 0 Å². The van der Waals surface area contributed by atoms with Crippen LogP contribution >= 0.6 is 0 Å². The highest BCUT2D eigenvalue weighted by Gasteiger charge is 2.14. The molecule has 0 fully saturated rings. The molecule has 1 aliphatic carbocycles. The molecule has 9 heavy (non-hydrogen) atoms. The highest BCUT2D eigenvalue weighted by Crippen LogP contribution is 2.20. The standard InChI is InChI=1S/C8H14O/c1-7(9)8-5-3-2-4-6-8/h2-3,7-9H,4-6H2,1H3/t7-,8?/m0/s1. The van der Waals surface area contributed by atoms with Crippen molar-refractivity contribution in [2.24, 2.45) is 5.92 Å². The Hall–Kier alpha value is -0.300. The van der Waals surface area contributed by atoms with Gasteiger partial charge < -0.3 is 5.11 Å². The van der Waals surface area contributed by atoms with Crippen molar-refractivity contribution in [3.8, 4) is 0 Å². The quantitative estimate of drug-likeness (QED) is 0.530. The maximum Gasteiger partial charge on any atom is 0.0543 e. The smallest absolute Gasteiger partial charge is 0.0543 e. The van der Waals surface area contributed by atoms with Gasteiger partial charge in [-0.2, -0.15) is 0 Å². The molecule has 1 nitrogen and oxygen atoms in total. The minimum absolute atomic E-state index is 0.116. The summed E-state index contributed by atoms with van der Waals surface area (Å²) < 4.78 is 0. The van der Waals surface area contributed by atoms with Crippen LogP contribution in [0.25, 0.3) is 0 Å². The Kier molecular flexibility index (Phi) is 2.29. The van der Waals surface area contributed by atoms with E-state index in [1.165, 1.54) is 0 Å². The molecule has 0 amide bonds. The van der Waals surface area contributed by atoms with E-state index in [1.807, 2.05) is 6.92 Å². The van der Waals surface area contributed by atoms with Crippen molar-refractivity contribution in [3.63, 3.8) is 0 Å². The Morgan fingerprint density at radius 1 is 1.56 bits per heavy atom. The largest absolute Gasteiger partial charge is 0.393 e. The van der Waals surface area contributed by atoms with E-state index in [0.29, 0.717) is 5.92 Å². The zero-order chi connectivity index (χ0) is 6.69. The third kappa shape index (κ3) is 1.83. The van der Waals surface area contributed by atoms with E-state index in [2.05, 4.69) is 12.2 Å². The lowest BCUT2D eigenvalue weighted by molar-refractivity contribution is 0.120. The lowest BCUT2D eigenvalue weighted by Crippen LogP contribution is -2.17. The molecule has 0 heterocycles. The average Bonchev–Trinajstić information content (AvgIpc) is 1.90. The summed E-state index contributed by atoms with van der Waals surface area (Å²) in [5.74, 6) is 0.523. The van der Waals surface area contributed by atoms with Crippen molar-refractivity contribution in [2.75, 3.05) is 0 Å². The monoisotopic (exact) mass is 126 g/mol. The molecule has 0 aliphatic heterocycles. The molecular weight excluding hydrogens is 112 g/mol. The fourth-order valence-corrected chi connectivity index (χ4v) is 1.26. The van der Waals surface area contributed by atoms with Crippen LogP contribution in [-0.4, -0.2) is 11.2 Å². The molecule has 0 radical (unpaired) electrons. The molecule has 0 spiro atoms. The summed E-state index contributed by atoms with van der Waals surface area (Å²) in [7, 11) is 0. The Bertz CT molecular complexity index is 105. The first-order valence-electron chi connectivity index (χ1n) is 3.64. The molecule has 0 saturated heterocycles. The Balaban J connectivity index is 2.35. The van der Waals surface area contributed by atoms with Crippen molar-refractivity contribution in [3.05, 3.63) is 12.2 Å². The minimum atomic E-state index is -0.116. The van der Waals surface area contributed by atoms with Gasteiger partial charge in [0.1, 0.15) is 0 Å². The third-order valence-corrected chi connectivity index (χ3v) is 1.99. The molecule has 1 N–H and O–H groups in total. The third-order valence-electron chi connectivity index (χ3n) is 1.99. The predicted molar refractivity (Wildman–Crippen MR) is 38.2 cm³/mol. The van der Waals surface area contributed by atoms with Crippen LogP contribution in [0.2, 0.25) is 0 Å². The number of aliphatic hydroxyl groups excluding tert-OH is 1. The topological polar surface area (TPSA) is 20.2 Å². The Labute approximate surface area is 56.4 Å². The molecule has 0 bridgehead atoms. The molecule has 0 aromatic carbocycles. The van der Waals surface area contributed by atoms with Gasteiger partial charge >= 0.3 is 0 Å². The fourth-order valence-electron chi connectivity index (χ4n) is 1.26. The number of allylic oxidation sites excluding steroid dienone is 2. The van der Waals surface area contributed by atoms with Crippen LogP contribution in [0.15, 0.2) is 12.2 Å². The van der Waals surface area contributed by atoms with E-state index in [9.17, 15) is 0 Å². The Morgan fingerprint density at radius 2 is 2.33 bits per heavy atom. The van der Waals surface area contributed by atoms with Crippen LogP contribution in [0, 0.1) is 5.92 Å². The second-order valence-electron chi connectivity index (χ2n) is 2.79. The number of rotatable bonds is 1. The summed E-state index contributed by atoms with van der Waals surface area (Å²) in [6.45, 7) is 1.88. The predicted octanol–water partition coefficient (Wildman–Crippen LogP) is 1.72. The van der Waals surface area contributed by atoms with Gasteiger partial charge in [-0.1, -0.05) is 12.2 Å². The molecule has 1 heteroatoms. The maximum atomic E-state index is 9.14. The lowest BCUT2D eigenvalue weighted by Gasteiger charge is -2.19. The second-order valence-corrected chi connectivity index (χ2v) is 2.79. The first kappa shape index (κ1) is 6.81.